The zero-order valence-corrected chi connectivity index (χ0v) is 13.3. The third-order valence-corrected chi connectivity index (χ3v) is 4.06. The van der Waals surface area contributed by atoms with Gasteiger partial charge in [-0.05, 0) is 30.3 Å². The summed E-state index contributed by atoms with van der Waals surface area (Å²) in [5, 5.41) is 9.67. The molecule has 7 nitrogen and oxygen atoms in total. The lowest BCUT2D eigenvalue weighted by Gasteiger charge is -2.20. The molecule has 7 heteroatoms. The Morgan fingerprint density at radius 2 is 2.08 bits per heavy atom. The van der Waals surface area contributed by atoms with E-state index in [1.807, 2.05) is 18.2 Å². The van der Waals surface area contributed by atoms with Crippen molar-refractivity contribution in [2.45, 2.75) is 12.5 Å². The van der Waals surface area contributed by atoms with Crippen LogP contribution in [0.3, 0.4) is 0 Å². The molecule has 1 N–H and O–H groups in total. The first-order valence-corrected chi connectivity index (χ1v) is 7.90. The molecular formula is C18H16N2O5. The summed E-state index contributed by atoms with van der Waals surface area (Å²) in [6.45, 7) is 1.01. The van der Waals surface area contributed by atoms with E-state index in [2.05, 4.69) is 4.98 Å². The van der Waals surface area contributed by atoms with Crippen LogP contribution in [0.1, 0.15) is 11.8 Å². The summed E-state index contributed by atoms with van der Waals surface area (Å²) in [7, 11) is 0. The summed E-state index contributed by atoms with van der Waals surface area (Å²) in [6.07, 6.45) is 5.01. The number of fused-ring (bicyclic) bond motifs is 1. The van der Waals surface area contributed by atoms with E-state index in [9.17, 15) is 9.90 Å². The number of nitrogens with zero attached hydrogens (tertiary/aromatic N) is 2. The summed E-state index contributed by atoms with van der Waals surface area (Å²) in [4.78, 5) is 16.1. The molecule has 1 aliphatic rings. The van der Waals surface area contributed by atoms with Crippen LogP contribution < -0.4 is 9.47 Å². The van der Waals surface area contributed by atoms with Crippen molar-refractivity contribution < 1.29 is 23.8 Å². The fraction of sp³-hybridized carbons (Fsp3) is 0.222. The van der Waals surface area contributed by atoms with Crippen molar-refractivity contribution in [2.24, 2.45) is 0 Å². The van der Waals surface area contributed by atoms with Crippen molar-refractivity contribution >= 4 is 5.97 Å². The fourth-order valence-corrected chi connectivity index (χ4v) is 2.89. The van der Waals surface area contributed by atoms with Crippen LogP contribution in [-0.2, 0) is 11.2 Å². The van der Waals surface area contributed by atoms with E-state index < -0.39 is 12.0 Å². The number of ether oxygens (including phenoxy) is 2. The summed E-state index contributed by atoms with van der Waals surface area (Å²) in [5.74, 6) is 1.52. The number of furan rings is 1. The second-order valence-corrected chi connectivity index (χ2v) is 5.65. The minimum Gasteiger partial charge on any atom is -0.486 e. The Morgan fingerprint density at radius 3 is 2.84 bits per heavy atom. The van der Waals surface area contributed by atoms with Gasteiger partial charge in [0.15, 0.2) is 11.5 Å². The second kappa shape index (κ2) is 6.35. The number of imidazole rings is 1. The van der Waals surface area contributed by atoms with E-state index in [1.54, 1.807) is 29.1 Å². The first kappa shape index (κ1) is 15.3. The molecule has 3 aromatic rings. The zero-order chi connectivity index (χ0) is 17.2. The SMILES string of the molecule is O=C(O)C(Cc1ccco1)n1ccnc1-c1ccc2c(c1)OCCO2. The molecule has 0 aliphatic carbocycles. The van der Waals surface area contributed by atoms with Gasteiger partial charge in [0.1, 0.15) is 30.8 Å². The van der Waals surface area contributed by atoms with Crippen LogP contribution in [0.5, 0.6) is 11.5 Å². The van der Waals surface area contributed by atoms with Crippen molar-refractivity contribution in [3.8, 4) is 22.9 Å². The maximum atomic E-state index is 11.8. The van der Waals surface area contributed by atoms with Gasteiger partial charge in [0.2, 0.25) is 0 Å². The third-order valence-electron chi connectivity index (χ3n) is 4.06. The normalized spacial score (nSPS) is 14.2. The summed E-state index contributed by atoms with van der Waals surface area (Å²) >= 11 is 0. The topological polar surface area (TPSA) is 86.7 Å². The van der Waals surface area contributed by atoms with Gasteiger partial charge in [0.25, 0.3) is 0 Å². The molecule has 0 bridgehead atoms. The number of carboxylic acid groups (broad SMARTS) is 1. The number of carbonyl (C=O) groups is 1. The second-order valence-electron chi connectivity index (χ2n) is 5.65. The van der Waals surface area contributed by atoms with Gasteiger partial charge in [-0.1, -0.05) is 0 Å². The minimum atomic E-state index is -0.951. The Hall–Kier alpha value is -3.22. The average molecular weight is 340 g/mol. The number of hydrogen-bond acceptors (Lipinski definition) is 5. The van der Waals surface area contributed by atoms with Crippen LogP contribution >= 0.6 is 0 Å². The Balaban J connectivity index is 1.70. The number of aliphatic carboxylic acids is 1. The average Bonchev–Trinajstić information content (AvgIpc) is 3.30. The fourth-order valence-electron chi connectivity index (χ4n) is 2.89. The smallest absolute Gasteiger partial charge is 0.327 e. The van der Waals surface area contributed by atoms with Crippen LogP contribution in [0.2, 0.25) is 0 Å². The van der Waals surface area contributed by atoms with Crippen molar-refractivity contribution in [3.63, 3.8) is 0 Å². The van der Waals surface area contributed by atoms with Gasteiger partial charge in [0, 0.05) is 24.4 Å². The molecule has 1 aromatic carbocycles. The highest BCUT2D eigenvalue weighted by atomic mass is 16.6. The van der Waals surface area contributed by atoms with Crippen LogP contribution in [0.4, 0.5) is 0 Å². The first-order valence-electron chi connectivity index (χ1n) is 7.90. The highest BCUT2D eigenvalue weighted by molar-refractivity contribution is 5.74. The predicted octanol–water partition coefficient (Wildman–Crippen LogP) is 2.78. The quantitative estimate of drug-likeness (QED) is 0.768. The van der Waals surface area contributed by atoms with Crippen LogP contribution in [0.15, 0.2) is 53.4 Å². The lowest BCUT2D eigenvalue weighted by Crippen LogP contribution is -2.21. The first-order chi connectivity index (χ1) is 12.2. The monoisotopic (exact) mass is 340 g/mol. The Morgan fingerprint density at radius 1 is 1.24 bits per heavy atom. The molecule has 25 heavy (non-hydrogen) atoms. The highest BCUT2D eigenvalue weighted by Gasteiger charge is 2.25. The van der Waals surface area contributed by atoms with Crippen molar-refractivity contribution in [3.05, 3.63) is 54.7 Å². The summed E-state index contributed by atoms with van der Waals surface area (Å²) < 4.78 is 18.1. The molecule has 0 spiro atoms. The van der Waals surface area contributed by atoms with Gasteiger partial charge in [-0.15, -0.1) is 0 Å². The number of benzene rings is 1. The molecule has 0 saturated heterocycles. The molecule has 0 amide bonds. The third kappa shape index (κ3) is 2.96. The van der Waals surface area contributed by atoms with Crippen LogP contribution in [0.25, 0.3) is 11.4 Å². The van der Waals surface area contributed by atoms with Gasteiger partial charge in [-0.2, -0.15) is 0 Å². The Labute approximate surface area is 143 Å². The van der Waals surface area contributed by atoms with Crippen molar-refractivity contribution in [1.29, 1.82) is 0 Å². The van der Waals surface area contributed by atoms with E-state index in [0.717, 1.165) is 5.56 Å². The number of aromatic nitrogens is 2. The summed E-state index contributed by atoms with van der Waals surface area (Å²) in [6, 6.07) is 8.15. The molecule has 1 aliphatic heterocycles. The van der Waals surface area contributed by atoms with Crippen molar-refractivity contribution in [2.75, 3.05) is 13.2 Å². The molecule has 1 atom stereocenters. The van der Waals surface area contributed by atoms with E-state index in [4.69, 9.17) is 13.9 Å². The van der Waals surface area contributed by atoms with Gasteiger partial charge in [-0.3, -0.25) is 0 Å². The van der Waals surface area contributed by atoms with Gasteiger partial charge in [0.05, 0.1) is 6.26 Å². The Bertz CT molecular complexity index is 885. The van der Waals surface area contributed by atoms with E-state index in [0.29, 0.717) is 36.3 Å². The highest BCUT2D eigenvalue weighted by Crippen LogP contribution is 2.35. The molecule has 4 rings (SSSR count). The molecule has 128 valence electrons. The predicted molar refractivity (Wildman–Crippen MR) is 87.7 cm³/mol. The summed E-state index contributed by atoms with van der Waals surface area (Å²) in [5.41, 5.74) is 0.764. The van der Waals surface area contributed by atoms with E-state index in [-0.39, 0.29) is 6.42 Å². The number of carboxylic acids is 1. The molecule has 0 fully saturated rings. The van der Waals surface area contributed by atoms with Crippen LogP contribution in [-0.4, -0.2) is 33.8 Å². The zero-order valence-electron chi connectivity index (χ0n) is 13.3. The molecule has 0 saturated carbocycles. The molecular weight excluding hydrogens is 324 g/mol. The van der Waals surface area contributed by atoms with Crippen LogP contribution in [0, 0.1) is 0 Å². The van der Waals surface area contributed by atoms with Gasteiger partial charge >= 0.3 is 5.97 Å². The molecule has 2 aromatic heterocycles. The maximum absolute atomic E-state index is 11.8. The minimum absolute atomic E-state index is 0.232. The molecule has 3 heterocycles. The standard InChI is InChI=1S/C18H16N2O5/c21-18(22)14(11-13-2-1-7-23-13)20-6-5-19-17(20)12-3-4-15-16(10-12)25-9-8-24-15/h1-7,10,14H,8-9,11H2,(H,21,22). The molecule has 1 unspecified atom stereocenters. The van der Waals surface area contributed by atoms with E-state index in [1.165, 1.54) is 6.26 Å². The molecule has 0 radical (unpaired) electrons. The van der Waals surface area contributed by atoms with E-state index >= 15 is 0 Å². The number of hydrogen-bond donors (Lipinski definition) is 1. The van der Waals surface area contributed by atoms with Gasteiger partial charge in [-0.25, -0.2) is 9.78 Å². The van der Waals surface area contributed by atoms with Gasteiger partial charge < -0.3 is 23.6 Å². The largest absolute Gasteiger partial charge is 0.486 e. The maximum Gasteiger partial charge on any atom is 0.327 e. The lowest BCUT2D eigenvalue weighted by atomic mass is 10.1. The lowest BCUT2D eigenvalue weighted by molar-refractivity contribution is -0.140. The van der Waals surface area contributed by atoms with Crippen molar-refractivity contribution in [1.82, 2.24) is 9.55 Å². The number of rotatable bonds is 5. The Kier molecular flexibility index (Phi) is 3.89.